The van der Waals surface area contributed by atoms with Crippen LogP contribution in [0, 0.1) is 23.5 Å². The summed E-state index contributed by atoms with van der Waals surface area (Å²) >= 11 is 0. The first-order chi connectivity index (χ1) is 14.6. The van der Waals surface area contributed by atoms with E-state index in [1.54, 1.807) is 37.6 Å². The van der Waals surface area contributed by atoms with Gasteiger partial charge in [0.05, 0.1) is 13.3 Å². The van der Waals surface area contributed by atoms with Crippen LogP contribution in [0.2, 0.25) is 0 Å². The first-order valence-electron chi connectivity index (χ1n) is 9.60. The van der Waals surface area contributed by atoms with Crippen LogP contribution in [0.3, 0.4) is 0 Å². The van der Waals surface area contributed by atoms with Crippen LogP contribution in [0.25, 0.3) is 10.8 Å². The van der Waals surface area contributed by atoms with Gasteiger partial charge in [0, 0.05) is 22.2 Å². The first-order valence-corrected chi connectivity index (χ1v) is 9.60. The molecule has 1 heterocycles. The summed E-state index contributed by atoms with van der Waals surface area (Å²) in [6.45, 7) is 0. The Morgan fingerprint density at radius 1 is 0.833 bits per heavy atom. The van der Waals surface area contributed by atoms with Crippen molar-refractivity contribution in [3.05, 3.63) is 107 Å². The molecule has 0 atom stereocenters. The van der Waals surface area contributed by atoms with Gasteiger partial charge >= 0.3 is 0 Å². The van der Waals surface area contributed by atoms with Crippen LogP contribution in [-0.2, 0) is 12.8 Å². The summed E-state index contributed by atoms with van der Waals surface area (Å²) in [5.41, 5.74) is 3.88. The van der Waals surface area contributed by atoms with Gasteiger partial charge in [0.1, 0.15) is 5.75 Å². The molecule has 0 N–H and O–H groups in total. The Morgan fingerprint density at radius 2 is 1.60 bits per heavy atom. The lowest BCUT2D eigenvalue weighted by atomic mass is 10.0. The molecular weight excluding hydrogens is 380 g/mol. The van der Waals surface area contributed by atoms with Crippen molar-refractivity contribution in [2.24, 2.45) is 0 Å². The third kappa shape index (κ3) is 4.47. The molecule has 30 heavy (non-hydrogen) atoms. The lowest BCUT2D eigenvalue weighted by Crippen LogP contribution is -1.95. The molecule has 0 unspecified atom stereocenters. The number of rotatable bonds is 4. The van der Waals surface area contributed by atoms with Gasteiger partial charge in [-0.1, -0.05) is 36.1 Å². The molecule has 4 aromatic rings. The minimum Gasteiger partial charge on any atom is -0.495 e. The third-order valence-electron chi connectivity index (χ3n) is 4.92. The van der Waals surface area contributed by atoms with Gasteiger partial charge in [-0.3, -0.25) is 4.98 Å². The first kappa shape index (κ1) is 19.6. The van der Waals surface area contributed by atoms with Crippen molar-refractivity contribution in [3.8, 4) is 17.6 Å². The summed E-state index contributed by atoms with van der Waals surface area (Å²) in [5.74, 6) is 5.29. The van der Waals surface area contributed by atoms with Crippen molar-refractivity contribution < 1.29 is 13.5 Å². The number of hydrogen-bond acceptors (Lipinski definition) is 2. The number of ether oxygens (including phenoxy) is 1. The van der Waals surface area contributed by atoms with E-state index in [2.05, 4.69) is 29.0 Å². The molecule has 0 amide bonds. The fourth-order valence-electron chi connectivity index (χ4n) is 3.19. The zero-order valence-electron chi connectivity index (χ0n) is 16.5. The van der Waals surface area contributed by atoms with Gasteiger partial charge < -0.3 is 4.74 Å². The molecule has 0 saturated heterocycles. The number of nitrogens with zero attached hydrogens (tertiary/aromatic N) is 1. The van der Waals surface area contributed by atoms with Crippen LogP contribution in [0.1, 0.15) is 22.4 Å². The number of aromatic nitrogens is 1. The summed E-state index contributed by atoms with van der Waals surface area (Å²) in [7, 11) is 1.63. The summed E-state index contributed by atoms with van der Waals surface area (Å²) < 4.78 is 32.2. The molecule has 0 saturated carbocycles. The van der Waals surface area contributed by atoms with Gasteiger partial charge in [-0.2, -0.15) is 0 Å². The highest BCUT2D eigenvalue weighted by Gasteiger charge is 2.06. The van der Waals surface area contributed by atoms with Gasteiger partial charge in [0.2, 0.25) is 0 Å². The molecule has 3 aromatic carbocycles. The number of aryl methyl sites for hydroxylation is 2. The molecule has 4 heteroatoms. The zero-order valence-corrected chi connectivity index (χ0v) is 16.5. The molecule has 0 spiro atoms. The van der Waals surface area contributed by atoms with Crippen molar-refractivity contribution in [2.75, 3.05) is 7.11 Å². The lowest BCUT2D eigenvalue weighted by Gasteiger charge is -2.03. The normalized spacial score (nSPS) is 10.5. The molecule has 0 fully saturated rings. The zero-order chi connectivity index (χ0) is 20.9. The minimum atomic E-state index is -0.843. The van der Waals surface area contributed by atoms with Crippen molar-refractivity contribution in [1.29, 1.82) is 0 Å². The number of fused-ring (bicyclic) bond motifs is 1. The summed E-state index contributed by atoms with van der Waals surface area (Å²) in [4.78, 5) is 4.39. The fraction of sp³-hybridized carbons (Fsp3) is 0.115. The molecule has 148 valence electrons. The predicted octanol–water partition coefficient (Wildman–Crippen LogP) is 5.71. The van der Waals surface area contributed by atoms with Crippen LogP contribution in [0.4, 0.5) is 8.78 Å². The van der Waals surface area contributed by atoms with E-state index in [0.717, 1.165) is 41.5 Å². The van der Waals surface area contributed by atoms with Gasteiger partial charge in [-0.15, -0.1) is 0 Å². The van der Waals surface area contributed by atoms with Crippen molar-refractivity contribution in [1.82, 2.24) is 4.98 Å². The summed E-state index contributed by atoms with van der Waals surface area (Å²) in [5, 5.41) is 0.888. The second-order valence-corrected chi connectivity index (χ2v) is 6.93. The maximum absolute atomic E-state index is 13.8. The SMILES string of the molecule is COc1ccc(CCc2ccc(C#Cc3ccc4c(F)c(F)ccc4c3)cc2)nc1. The minimum absolute atomic E-state index is 0.260. The molecule has 0 aliphatic carbocycles. The quantitative estimate of drug-likeness (QED) is 0.410. The third-order valence-corrected chi connectivity index (χ3v) is 4.92. The van der Waals surface area contributed by atoms with Crippen molar-refractivity contribution in [3.63, 3.8) is 0 Å². The van der Waals surface area contributed by atoms with Crippen LogP contribution < -0.4 is 4.74 Å². The molecule has 0 aliphatic rings. The molecule has 0 bridgehead atoms. The molecule has 4 rings (SSSR count). The second-order valence-electron chi connectivity index (χ2n) is 6.93. The Labute approximate surface area is 174 Å². The molecule has 0 radical (unpaired) electrons. The van der Waals surface area contributed by atoms with E-state index in [1.807, 2.05) is 24.3 Å². The average molecular weight is 399 g/mol. The topological polar surface area (TPSA) is 22.1 Å². The van der Waals surface area contributed by atoms with Crippen LogP contribution in [-0.4, -0.2) is 12.1 Å². The molecule has 1 aromatic heterocycles. The lowest BCUT2D eigenvalue weighted by molar-refractivity contribution is 0.412. The van der Waals surface area contributed by atoms with E-state index in [1.165, 1.54) is 5.56 Å². The average Bonchev–Trinajstić information content (AvgIpc) is 2.80. The summed E-state index contributed by atoms with van der Waals surface area (Å²) in [6, 6.07) is 19.7. The van der Waals surface area contributed by atoms with Crippen molar-refractivity contribution >= 4 is 10.8 Å². The van der Waals surface area contributed by atoms with Gasteiger partial charge in [0.15, 0.2) is 11.6 Å². The maximum Gasteiger partial charge on any atom is 0.166 e. The largest absolute Gasteiger partial charge is 0.495 e. The monoisotopic (exact) mass is 399 g/mol. The van der Waals surface area contributed by atoms with Gasteiger partial charge in [-0.05, 0) is 66.3 Å². The van der Waals surface area contributed by atoms with E-state index in [9.17, 15) is 8.78 Å². The van der Waals surface area contributed by atoms with Crippen LogP contribution in [0.15, 0.2) is 72.9 Å². The molecule has 0 aliphatic heterocycles. The highest BCUT2D eigenvalue weighted by atomic mass is 19.2. The Hall–Kier alpha value is -3.71. The van der Waals surface area contributed by atoms with Crippen molar-refractivity contribution in [2.45, 2.75) is 12.8 Å². The Kier molecular flexibility index (Phi) is 5.72. The smallest absolute Gasteiger partial charge is 0.166 e. The highest BCUT2D eigenvalue weighted by Crippen LogP contribution is 2.21. The Balaban J connectivity index is 1.43. The number of pyridine rings is 1. The van der Waals surface area contributed by atoms with Crippen LogP contribution >= 0.6 is 0 Å². The molecule has 2 nitrogen and oxygen atoms in total. The number of methoxy groups -OCH3 is 1. The van der Waals surface area contributed by atoms with E-state index in [0.29, 0.717) is 5.39 Å². The summed E-state index contributed by atoms with van der Waals surface area (Å²) in [6.07, 6.45) is 3.47. The number of hydrogen-bond donors (Lipinski definition) is 0. The number of halogens is 2. The van der Waals surface area contributed by atoms with E-state index < -0.39 is 11.6 Å². The second kappa shape index (κ2) is 8.75. The van der Waals surface area contributed by atoms with Gasteiger partial charge in [0.25, 0.3) is 0 Å². The highest BCUT2D eigenvalue weighted by molar-refractivity contribution is 5.84. The van der Waals surface area contributed by atoms with Crippen LogP contribution in [0.5, 0.6) is 5.75 Å². The Bertz CT molecular complexity index is 1240. The number of benzene rings is 3. The van der Waals surface area contributed by atoms with E-state index >= 15 is 0 Å². The van der Waals surface area contributed by atoms with E-state index in [-0.39, 0.29) is 5.39 Å². The van der Waals surface area contributed by atoms with E-state index in [4.69, 9.17) is 4.74 Å². The fourth-order valence-corrected chi connectivity index (χ4v) is 3.19. The standard InChI is InChI=1S/C26H19F2NO/c1-30-23-13-12-22(29-17-23)11-8-19-4-2-18(3-5-19)6-7-20-9-14-24-21(16-20)10-15-25(27)26(24)28/h2-5,9-10,12-17H,8,11H2,1H3. The molecular formula is C26H19F2NO. The predicted molar refractivity (Wildman–Crippen MR) is 114 cm³/mol. The maximum atomic E-state index is 13.8. The van der Waals surface area contributed by atoms with Gasteiger partial charge in [-0.25, -0.2) is 8.78 Å². The Morgan fingerprint density at radius 3 is 2.33 bits per heavy atom.